The summed E-state index contributed by atoms with van der Waals surface area (Å²) < 4.78 is 30.9. The summed E-state index contributed by atoms with van der Waals surface area (Å²) >= 11 is 0. The van der Waals surface area contributed by atoms with E-state index in [1.807, 2.05) is 6.92 Å². The number of benzene rings is 1. The Morgan fingerprint density at radius 1 is 1.23 bits per heavy atom. The van der Waals surface area contributed by atoms with Crippen LogP contribution < -0.4 is 10.0 Å². The van der Waals surface area contributed by atoms with Crippen molar-refractivity contribution < 1.29 is 22.7 Å². The highest BCUT2D eigenvalue weighted by atomic mass is 32.2. The molecule has 1 aromatic carbocycles. The van der Waals surface area contributed by atoms with E-state index in [4.69, 9.17) is 4.74 Å². The summed E-state index contributed by atoms with van der Waals surface area (Å²) in [6.45, 7) is 4.87. The smallest absolute Gasteiger partial charge is 0.321 e. The molecule has 22 heavy (non-hydrogen) atoms. The maximum Gasteiger partial charge on any atom is 0.321 e. The van der Waals surface area contributed by atoms with Crippen molar-refractivity contribution in [1.29, 1.82) is 0 Å². The Kier molecular flexibility index (Phi) is 6.51. The van der Waals surface area contributed by atoms with Gasteiger partial charge in [0.25, 0.3) is 5.91 Å². The van der Waals surface area contributed by atoms with Crippen LogP contribution in [-0.2, 0) is 24.3 Å². The van der Waals surface area contributed by atoms with Crippen LogP contribution in [0, 0.1) is 6.92 Å². The average molecular weight is 328 g/mol. The van der Waals surface area contributed by atoms with Crippen molar-refractivity contribution in [3.63, 3.8) is 0 Å². The fraction of sp³-hybridized carbons (Fsp3) is 0.429. The van der Waals surface area contributed by atoms with E-state index in [0.717, 1.165) is 5.56 Å². The first-order valence-electron chi connectivity index (χ1n) is 6.79. The van der Waals surface area contributed by atoms with E-state index < -0.39 is 34.5 Å². The van der Waals surface area contributed by atoms with E-state index in [0.29, 0.717) is 6.54 Å². The second-order valence-electron chi connectivity index (χ2n) is 4.66. The molecule has 8 heteroatoms. The number of nitrogens with one attached hydrogen (secondary N) is 2. The molecule has 1 amide bonds. The monoisotopic (exact) mass is 328 g/mol. The summed E-state index contributed by atoms with van der Waals surface area (Å²) in [5.74, 6) is -1.26. The molecule has 0 saturated heterocycles. The van der Waals surface area contributed by atoms with Gasteiger partial charge in [-0.05, 0) is 32.9 Å². The van der Waals surface area contributed by atoms with Crippen molar-refractivity contribution in [1.82, 2.24) is 10.0 Å². The van der Waals surface area contributed by atoms with Gasteiger partial charge in [-0.2, -0.15) is 4.72 Å². The van der Waals surface area contributed by atoms with Gasteiger partial charge >= 0.3 is 5.97 Å². The summed E-state index contributed by atoms with van der Waals surface area (Å²) in [5.41, 5.74) is 0.925. The lowest BCUT2D eigenvalue weighted by atomic mass is 10.2. The molecule has 0 radical (unpaired) electrons. The minimum atomic E-state index is -3.79. The Morgan fingerprint density at radius 2 is 1.82 bits per heavy atom. The van der Waals surface area contributed by atoms with Gasteiger partial charge in [-0.15, -0.1) is 0 Å². The molecule has 1 rings (SSSR count). The van der Waals surface area contributed by atoms with Crippen molar-refractivity contribution in [2.75, 3.05) is 13.1 Å². The minimum Gasteiger partial charge on any atom is -0.452 e. The topological polar surface area (TPSA) is 102 Å². The van der Waals surface area contributed by atoms with E-state index >= 15 is 0 Å². The Morgan fingerprint density at radius 3 is 2.36 bits per heavy atom. The number of aryl methyl sites for hydroxylation is 1. The second-order valence-corrected chi connectivity index (χ2v) is 6.43. The third kappa shape index (κ3) is 5.45. The van der Waals surface area contributed by atoms with E-state index in [1.54, 1.807) is 19.1 Å². The summed E-state index contributed by atoms with van der Waals surface area (Å²) in [4.78, 5) is 23.0. The molecule has 1 atom stereocenters. The van der Waals surface area contributed by atoms with Crippen molar-refractivity contribution >= 4 is 21.9 Å². The van der Waals surface area contributed by atoms with Gasteiger partial charge in [0.05, 0.1) is 4.90 Å². The zero-order valence-electron chi connectivity index (χ0n) is 12.8. The first kappa shape index (κ1) is 18.1. The molecule has 0 heterocycles. The van der Waals surface area contributed by atoms with E-state index in [2.05, 4.69) is 10.0 Å². The molecule has 122 valence electrons. The molecule has 0 saturated carbocycles. The normalized spacial score (nSPS) is 12.5. The van der Waals surface area contributed by atoms with Crippen LogP contribution in [0.4, 0.5) is 0 Å². The van der Waals surface area contributed by atoms with Crippen LogP contribution in [0.5, 0.6) is 0 Å². The number of likely N-dealkylation sites (N-methyl/N-ethyl adjacent to an activating group) is 1. The standard InChI is InChI=1S/C14H20N2O5S/c1-4-15-14(18)11(3)21-13(17)9-16-22(19,20)12-7-5-10(2)6-8-12/h5-8,11,16H,4,9H2,1-3H3,(H,15,18)/t11-/m0/s1. The summed E-state index contributed by atoms with van der Waals surface area (Å²) in [7, 11) is -3.79. The molecule has 1 aromatic rings. The second kappa shape index (κ2) is 7.90. The third-order valence-electron chi connectivity index (χ3n) is 2.77. The lowest BCUT2D eigenvalue weighted by Gasteiger charge is -2.13. The van der Waals surface area contributed by atoms with Gasteiger partial charge in [-0.1, -0.05) is 17.7 Å². The van der Waals surface area contributed by atoms with E-state index in [1.165, 1.54) is 19.1 Å². The summed E-state index contributed by atoms with van der Waals surface area (Å²) in [6.07, 6.45) is -0.976. The van der Waals surface area contributed by atoms with Crippen LogP contribution in [0.1, 0.15) is 19.4 Å². The first-order valence-corrected chi connectivity index (χ1v) is 8.28. The van der Waals surface area contributed by atoms with Crippen LogP contribution in [0.15, 0.2) is 29.2 Å². The van der Waals surface area contributed by atoms with Gasteiger partial charge < -0.3 is 10.1 Å². The van der Waals surface area contributed by atoms with Gasteiger partial charge in [0, 0.05) is 6.54 Å². The highest BCUT2D eigenvalue weighted by molar-refractivity contribution is 7.89. The number of amides is 1. The predicted molar refractivity (Wildman–Crippen MR) is 80.6 cm³/mol. The van der Waals surface area contributed by atoms with Crippen LogP contribution >= 0.6 is 0 Å². The van der Waals surface area contributed by atoms with Gasteiger partial charge in [0.15, 0.2) is 6.10 Å². The van der Waals surface area contributed by atoms with Crippen molar-refractivity contribution in [3.8, 4) is 0 Å². The molecule has 0 unspecified atom stereocenters. The van der Waals surface area contributed by atoms with Crippen LogP contribution in [0.25, 0.3) is 0 Å². The number of carbonyl (C=O) groups is 2. The lowest BCUT2D eigenvalue weighted by molar-refractivity contribution is -0.153. The number of sulfonamides is 1. The molecule has 0 aliphatic heterocycles. The summed E-state index contributed by atoms with van der Waals surface area (Å²) in [5, 5.41) is 2.50. The molecule has 0 aromatic heterocycles. The molecule has 0 aliphatic carbocycles. The average Bonchev–Trinajstić information content (AvgIpc) is 2.46. The third-order valence-corrected chi connectivity index (χ3v) is 4.18. The van der Waals surface area contributed by atoms with Crippen LogP contribution in [0.2, 0.25) is 0 Å². The fourth-order valence-electron chi connectivity index (χ4n) is 1.57. The predicted octanol–water partition coefficient (Wildman–Crippen LogP) is 0.341. The van der Waals surface area contributed by atoms with Gasteiger partial charge in [0.1, 0.15) is 6.54 Å². The molecule has 0 spiro atoms. The Hall–Kier alpha value is -1.93. The largest absolute Gasteiger partial charge is 0.452 e. The SMILES string of the molecule is CCNC(=O)[C@H](C)OC(=O)CNS(=O)(=O)c1ccc(C)cc1. The van der Waals surface area contributed by atoms with E-state index in [-0.39, 0.29) is 4.90 Å². The molecular formula is C14H20N2O5S. The van der Waals surface area contributed by atoms with Gasteiger partial charge in [-0.25, -0.2) is 8.42 Å². The van der Waals surface area contributed by atoms with Crippen LogP contribution in [0.3, 0.4) is 0 Å². The molecule has 0 fully saturated rings. The maximum absolute atomic E-state index is 12.0. The Labute approximate surface area is 130 Å². The van der Waals surface area contributed by atoms with Crippen molar-refractivity contribution in [3.05, 3.63) is 29.8 Å². The lowest BCUT2D eigenvalue weighted by Crippen LogP contribution is -2.38. The molecule has 2 N–H and O–H groups in total. The first-order chi connectivity index (χ1) is 10.3. The Balaban J connectivity index is 2.56. The van der Waals surface area contributed by atoms with E-state index in [9.17, 15) is 18.0 Å². The quantitative estimate of drug-likeness (QED) is 0.703. The number of hydrogen-bond acceptors (Lipinski definition) is 5. The van der Waals surface area contributed by atoms with Gasteiger partial charge in [-0.3, -0.25) is 9.59 Å². The zero-order chi connectivity index (χ0) is 16.8. The number of ether oxygens (including phenoxy) is 1. The molecule has 7 nitrogen and oxygen atoms in total. The number of hydrogen-bond donors (Lipinski definition) is 2. The molecular weight excluding hydrogens is 308 g/mol. The zero-order valence-corrected chi connectivity index (χ0v) is 13.6. The maximum atomic E-state index is 12.0. The number of rotatable bonds is 7. The van der Waals surface area contributed by atoms with Crippen molar-refractivity contribution in [2.45, 2.75) is 31.8 Å². The van der Waals surface area contributed by atoms with Gasteiger partial charge in [0.2, 0.25) is 10.0 Å². The fourth-order valence-corrected chi connectivity index (χ4v) is 2.53. The van der Waals surface area contributed by atoms with Crippen LogP contribution in [-0.4, -0.2) is 39.5 Å². The highest BCUT2D eigenvalue weighted by Gasteiger charge is 2.19. The number of esters is 1. The highest BCUT2D eigenvalue weighted by Crippen LogP contribution is 2.09. The summed E-state index contributed by atoms with van der Waals surface area (Å²) in [6, 6.07) is 6.20. The minimum absolute atomic E-state index is 0.0580. The number of carbonyl (C=O) groups excluding carboxylic acids is 2. The molecule has 0 aliphatic rings. The Bertz CT molecular complexity index is 625. The molecule has 0 bridgehead atoms. The van der Waals surface area contributed by atoms with Crippen molar-refractivity contribution in [2.24, 2.45) is 0 Å².